The Morgan fingerprint density at radius 2 is 1.95 bits per heavy atom. The molecule has 0 atom stereocenters. The van der Waals surface area contributed by atoms with Crippen molar-refractivity contribution in [2.45, 2.75) is 6.92 Å². The molecule has 3 N–H and O–H groups in total. The molecule has 100 valence electrons. The summed E-state index contributed by atoms with van der Waals surface area (Å²) in [6.45, 7) is 1.99. The summed E-state index contributed by atoms with van der Waals surface area (Å²) in [5.74, 6) is 0. The summed E-state index contributed by atoms with van der Waals surface area (Å²) >= 11 is 3.48. The fourth-order valence-electron chi connectivity index (χ4n) is 2.20. The van der Waals surface area contributed by atoms with E-state index in [0.29, 0.717) is 0 Å². The van der Waals surface area contributed by atoms with E-state index in [2.05, 4.69) is 26.2 Å². The topological polar surface area (TPSA) is 50.9 Å². The molecule has 0 saturated heterocycles. The van der Waals surface area contributed by atoms with Crippen LogP contribution >= 0.6 is 15.9 Å². The van der Waals surface area contributed by atoms with E-state index >= 15 is 0 Å². The first kappa shape index (κ1) is 12.9. The van der Waals surface area contributed by atoms with Crippen LogP contribution < -0.4 is 11.1 Å². The van der Waals surface area contributed by atoms with E-state index < -0.39 is 0 Å². The summed E-state index contributed by atoms with van der Waals surface area (Å²) in [5.41, 5.74) is 10.6. The van der Waals surface area contributed by atoms with Crippen molar-refractivity contribution in [3.8, 4) is 0 Å². The number of aryl methyl sites for hydroxylation is 1. The minimum absolute atomic E-state index is 0.737. The van der Waals surface area contributed by atoms with Crippen LogP contribution in [0.25, 0.3) is 10.9 Å². The largest absolute Gasteiger partial charge is 0.399 e. The number of pyridine rings is 1. The molecule has 0 spiro atoms. The van der Waals surface area contributed by atoms with E-state index in [1.54, 1.807) is 0 Å². The van der Waals surface area contributed by atoms with Crippen molar-refractivity contribution in [3.05, 3.63) is 58.7 Å². The fourth-order valence-corrected chi connectivity index (χ4v) is 2.60. The lowest BCUT2D eigenvalue weighted by molar-refractivity contribution is 1.25. The quantitative estimate of drug-likeness (QED) is 0.674. The van der Waals surface area contributed by atoms with Gasteiger partial charge in [0.15, 0.2) is 0 Å². The van der Waals surface area contributed by atoms with Crippen LogP contribution in [0.3, 0.4) is 0 Å². The molecule has 3 rings (SSSR count). The summed E-state index contributed by atoms with van der Waals surface area (Å²) in [4.78, 5) is 4.53. The standard InChI is InChI=1S/C16H14BrN3/c1-10-7-16(20-13-4-2-3-11(17)8-13)14-9-12(18)5-6-15(14)19-10/h2-9H,18H2,1H3,(H,19,20). The highest BCUT2D eigenvalue weighted by atomic mass is 79.9. The van der Waals surface area contributed by atoms with Crippen LogP contribution in [0.15, 0.2) is 53.0 Å². The first-order valence-electron chi connectivity index (χ1n) is 6.31. The molecular formula is C16H14BrN3. The third kappa shape index (κ3) is 2.60. The van der Waals surface area contributed by atoms with Gasteiger partial charge in [-0.25, -0.2) is 0 Å². The Balaban J connectivity index is 2.12. The van der Waals surface area contributed by atoms with Gasteiger partial charge in [0.25, 0.3) is 0 Å². The van der Waals surface area contributed by atoms with Crippen molar-refractivity contribution in [2.24, 2.45) is 0 Å². The molecule has 1 heterocycles. The van der Waals surface area contributed by atoms with Crippen molar-refractivity contribution < 1.29 is 0 Å². The van der Waals surface area contributed by atoms with Crippen molar-refractivity contribution in [1.29, 1.82) is 0 Å². The molecule has 20 heavy (non-hydrogen) atoms. The van der Waals surface area contributed by atoms with Gasteiger partial charge in [0.05, 0.1) is 5.52 Å². The average Bonchev–Trinajstić information content (AvgIpc) is 2.39. The molecule has 3 nitrogen and oxygen atoms in total. The molecule has 0 radical (unpaired) electrons. The highest BCUT2D eigenvalue weighted by molar-refractivity contribution is 9.10. The van der Waals surface area contributed by atoms with Gasteiger partial charge in [0.2, 0.25) is 0 Å². The first-order valence-corrected chi connectivity index (χ1v) is 7.10. The molecule has 0 fully saturated rings. The van der Waals surface area contributed by atoms with Crippen molar-refractivity contribution in [1.82, 2.24) is 4.98 Å². The molecule has 1 aromatic heterocycles. The number of rotatable bonds is 2. The second kappa shape index (κ2) is 5.13. The van der Waals surface area contributed by atoms with Gasteiger partial charge in [-0.15, -0.1) is 0 Å². The van der Waals surface area contributed by atoms with E-state index in [4.69, 9.17) is 5.73 Å². The van der Waals surface area contributed by atoms with Crippen LogP contribution in [0.2, 0.25) is 0 Å². The Bertz CT molecular complexity index is 784. The maximum Gasteiger partial charge on any atom is 0.0727 e. The van der Waals surface area contributed by atoms with Gasteiger partial charge >= 0.3 is 0 Å². The fraction of sp³-hybridized carbons (Fsp3) is 0.0625. The van der Waals surface area contributed by atoms with Crippen molar-refractivity contribution in [2.75, 3.05) is 11.1 Å². The summed E-state index contributed by atoms with van der Waals surface area (Å²) in [5, 5.41) is 4.45. The predicted molar refractivity (Wildman–Crippen MR) is 88.3 cm³/mol. The van der Waals surface area contributed by atoms with Crippen LogP contribution in [0.4, 0.5) is 17.1 Å². The van der Waals surface area contributed by atoms with Gasteiger partial charge in [0.1, 0.15) is 0 Å². The maximum atomic E-state index is 5.89. The highest BCUT2D eigenvalue weighted by Crippen LogP contribution is 2.28. The molecule has 0 unspecified atom stereocenters. The number of nitrogens with zero attached hydrogens (tertiary/aromatic N) is 1. The van der Waals surface area contributed by atoms with Crippen LogP contribution in [0.1, 0.15) is 5.69 Å². The molecule has 0 bridgehead atoms. The average molecular weight is 328 g/mol. The number of nitrogen functional groups attached to an aromatic ring is 1. The molecule has 0 saturated carbocycles. The van der Waals surface area contributed by atoms with E-state index in [1.807, 2.05) is 55.5 Å². The number of halogens is 1. The second-order valence-electron chi connectivity index (χ2n) is 4.72. The zero-order valence-electron chi connectivity index (χ0n) is 11.0. The van der Waals surface area contributed by atoms with Gasteiger partial charge in [-0.3, -0.25) is 4.98 Å². The zero-order chi connectivity index (χ0) is 14.1. The van der Waals surface area contributed by atoms with Crippen LogP contribution in [0, 0.1) is 6.92 Å². The molecular weight excluding hydrogens is 314 g/mol. The van der Waals surface area contributed by atoms with Gasteiger partial charge < -0.3 is 11.1 Å². The predicted octanol–water partition coefficient (Wildman–Crippen LogP) is 4.63. The van der Waals surface area contributed by atoms with Crippen LogP contribution in [0.5, 0.6) is 0 Å². The Labute approximate surface area is 126 Å². The maximum absolute atomic E-state index is 5.89. The lowest BCUT2D eigenvalue weighted by Gasteiger charge is -2.11. The van der Waals surface area contributed by atoms with Gasteiger partial charge in [0, 0.05) is 32.6 Å². The number of benzene rings is 2. The van der Waals surface area contributed by atoms with Gasteiger partial charge in [-0.1, -0.05) is 22.0 Å². The lowest BCUT2D eigenvalue weighted by Crippen LogP contribution is -1.95. The SMILES string of the molecule is Cc1cc(Nc2cccc(Br)c2)c2cc(N)ccc2n1. The minimum Gasteiger partial charge on any atom is -0.399 e. The summed E-state index contributed by atoms with van der Waals surface area (Å²) in [6, 6.07) is 15.9. The second-order valence-corrected chi connectivity index (χ2v) is 5.64. The van der Waals surface area contributed by atoms with Gasteiger partial charge in [-0.2, -0.15) is 0 Å². The number of fused-ring (bicyclic) bond motifs is 1. The molecule has 0 aliphatic carbocycles. The third-order valence-electron chi connectivity index (χ3n) is 3.06. The summed E-state index contributed by atoms with van der Waals surface area (Å²) in [7, 11) is 0. The molecule has 0 aliphatic heterocycles. The molecule has 2 aromatic carbocycles. The first-order chi connectivity index (χ1) is 9.61. The number of nitrogens with one attached hydrogen (secondary N) is 1. The normalized spacial score (nSPS) is 10.7. The summed E-state index contributed by atoms with van der Waals surface area (Å²) in [6.07, 6.45) is 0. The molecule has 0 amide bonds. The number of nitrogens with two attached hydrogens (primary N) is 1. The monoisotopic (exact) mass is 327 g/mol. The zero-order valence-corrected chi connectivity index (χ0v) is 12.6. The van der Waals surface area contributed by atoms with Crippen molar-refractivity contribution >= 4 is 43.9 Å². The Hall–Kier alpha value is -2.07. The van der Waals surface area contributed by atoms with E-state index in [9.17, 15) is 0 Å². The number of anilines is 3. The van der Waals surface area contributed by atoms with Crippen LogP contribution in [-0.2, 0) is 0 Å². The smallest absolute Gasteiger partial charge is 0.0727 e. The minimum atomic E-state index is 0.737. The van der Waals surface area contributed by atoms with Crippen LogP contribution in [-0.4, -0.2) is 4.98 Å². The Morgan fingerprint density at radius 1 is 1.10 bits per heavy atom. The molecule has 3 aromatic rings. The summed E-state index contributed by atoms with van der Waals surface area (Å²) < 4.78 is 1.04. The van der Waals surface area contributed by atoms with Crippen molar-refractivity contribution in [3.63, 3.8) is 0 Å². The molecule has 4 heteroatoms. The van der Waals surface area contributed by atoms with E-state index in [-0.39, 0.29) is 0 Å². The number of aromatic nitrogens is 1. The highest BCUT2D eigenvalue weighted by Gasteiger charge is 2.05. The van der Waals surface area contributed by atoms with E-state index in [0.717, 1.165) is 38.1 Å². The van der Waals surface area contributed by atoms with Gasteiger partial charge in [-0.05, 0) is 49.4 Å². The number of hydrogen-bond donors (Lipinski definition) is 2. The lowest BCUT2D eigenvalue weighted by atomic mass is 10.1. The van der Waals surface area contributed by atoms with E-state index in [1.165, 1.54) is 0 Å². The Morgan fingerprint density at radius 3 is 2.75 bits per heavy atom. The third-order valence-corrected chi connectivity index (χ3v) is 3.56. The molecule has 0 aliphatic rings. The number of hydrogen-bond acceptors (Lipinski definition) is 3. The Kier molecular flexibility index (Phi) is 3.32.